The first-order chi connectivity index (χ1) is 9.79. The van der Waals surface area contributed by atoms with E-state index in [9.17, 15) is 18.0 Å². The Morgan fingerprint density at radius 1 is 1.43 bits per heavy atom. The van der Waals surface area contributed by atoms with Crippen molar-refractivity contribution in [3.8, 4) is 0 Å². The van der Waals surface area contributed by atoms with Crippen LogP contribution in [0.4, 0.5) is 13.2 Å². The number of hydrogen-bond acceptors (Lipinski definition) is 2. The first kappa shape index (κ1) is 15.4. The third-order valence-electron chi connectivity index (χ3n) is 2.88. The normalized spacial score (nSPS) is 11.5. The molecule has 4 nitrogen and oxygen atoms in total. The molecule has 112 valence electrons. The van der Waals surface area contributed by atoms with Crippen LogP contribution in [-0.2, 0) is 19.8 Å². The lowest BCUT2D eigenvalue weighted by Crippen LogP contribution is -2.24. The average Bonchev–Trinajstić information content (AvgIpc) is 2.75. The Morgan fingerprint density at radius 2 is 2.14 bits per heavy atom. The first-order valence-electron chi connectivity index (χ1n) is 5.91. The number of alkyl halides is 3. The maximum Gasteiger partial charge on any atom is 0.416 e. The van der Waals surface area contributed by atoms with Gasteiger partial charge in [0, 0.05) is 12.6 Å². The van der Waals surface area contributed by atoms with E-state index in [1.165, 1.54) is 23.0 Å². The fraction of sp³-hybridized carbons (Fsp3) is 0.231. The van der Waals surface area contributed by atoms with Crippen LogP contribution >= 0.6 is 11.6 Å². The van der Waals surface area contributed by atoms with Gasteiger partial charge in [0.15, 0.2) is 0 Å². The van der Waals surface area contributed by atoms with Crippen LogP contribution in [0, 0.1) is 0 Å². The fourth-order valence-corrected chi connectivity index (χ4v) is 1.97. The zero-order valence-electron chi connectivity index (χ0n) is 10.9. The number of nitrogens with zero attached hydrogens (tertiary/aromatic N) is 2. The van der Waals surface area contributed by atoms with Crippen molar-refractivity contribution in [1.82, 2.24) is 15.1 Å². The van der Waals surface area contributed by atoms with Crippen LogP contribution in [-0.4, -0.2) is 15.7 Å². The minimum absolute atomic E-state index is 0.0666. The molecule has 0 atom stereocenters. The highest BCUT2D eigenvalue weighted by molar-refractivity contribution is 6.31. The molecule has 1 N–H and O–H groups in total. The van der Waals surface area contributed by atoms with E-state index < -0.39 is 17.6 Å². The van der Waals surface area contributed by atoms with Gasteiger partial charge in [0.05, 0.1) is 29.0 Å². The molecule has 0 spiro atoms. The van der Waals surface area contributed by atoms with Gasteiger partial charge in [-0.05, 0) is 18.2 Å². The predicted molar refractivity (Wildman–Crippen MR) is 70.8 cm³/mol. The number of carbonyl (C=O) groups is 1. The third-order valence-corrected chi connectivity index (χ3v) is 3.19. The molecule has 0 aliphatic carbocycles. The van der Waals surface area contributed by atoms with Gasteiger partial charge < -0.3 is 5.32 Å². The van der Waals surface area contributed by atoms with Gasteiger partial charge >= 0.3 is 6.18 Å². The van der Waals surface area contributed by atoms with Gasteiger partial charge in [0.25, 0.3) is 5.91 Å². The highest BCUT2D eigenvalue weighted by atomic mass is 35.5. The molecule has 1 heterocycles. The van der Waals surface area contributed by atoms with Crippen molar-refractivity contribution in [1.29, 1.82) is 0 Å². The fourth-order valence-electron chi connectivity index (χ4n) is 1.74. The number of amides is 1. The summed E-state index contributed by atoms with van der Waals surface area (Å²) in [6.45, 7) is 0.0738. The number of aromatic nitrogens is 2. The van der Waals surface area contributed by atoms with Crippen molar-refractivity contribution in [2.24, 2.45) is 7.05 Å². The topological polar surface area (TPSA) is 46.9 Å². The smallest absolute Gasteiger partial charge is 0.346 e. The van der Waals surface area contributed by atoms with Gasteiger partial charge in [-0.25, -0.2) is 0 Å². The zero-order valence-corrected chi connectivity index (χ0v) is 11.7. The van der Waals surface area contributed by atoms with Crippen LogP contribution in [0.5, 0.6) is 0 Å². The van der Waals surface area contributed by atoms with Crippen molar-refractivity contribution >= 4 is 17.5 Å². The van der Waals surface area contributed by atoms with E-state index in [1.807, 2.05) is 0 Å². The quantitative estimate of drug-likeness (QED) is 0.946. The molecular weight excluding hydrogens is 307 g/mol. The van der Waals surface area contributed by atoms with Gasteiger partial charge in [0.1, 0.15) is 0 Å². The number of nitrogens with one attached hydrogen (secondary N) is 1. The molecule has 0 bridgehead atoms. The second-order valence-electron chi connectivity index (χ2n) is 4.32. The minimum atomic E-state index is -4.48. The summed E-state index contributed by atoms with van der Waals surface area (Å²) >= 11 is 5.88. The predicted octanol–water partition coefficient (Wildman–Crippen LogP) is 3.02. The molecule has 1 aromatic heterocycles. The zero-order chi connectivity index (χ0) is 15.6. The molecule has 0 fully saturated rings. The monoisotopic (exact) mass is 317 g/mol. The maximum absolute atomic E-state index is 12.6. The van der Waals surface area contributed by atoms with E-state index in [4.69, 9.17) is 11.6 Å². The maximum atomic E-state index is 12.6. The molecule has 0 unspecified atom stereocenters. The second-order valence-corrected chi connectivity index (χ2v) is 4.73. The summed E-state index contributed by atoms with van der Waals surface area (Å²) in [5.41, 5.74) is -0.367. The molecule has 2 rings (SSSR count). The summed E-state index contributed by atoms with van der Waals surface area (Å²) in [6.07, 6.45) is -3.06. The standard InChI is InChI=1S/C13H11ClF3N3O/c1-20-11(10(14)6-19-20)7-18-12(21)8-3-2-4-9(5-8)13(15,16)17/h2-6H,7H2,1H3,(H,18,21). The molecule has 0 aliphatic rings. The van der Waals surface area contributed by atoms with Crippen molar-refractivity contribution in [2.45, 2.75) is 12.7 Å². The van der Waals surface area contributed by atoms with Crippen molar-refractivity contribution in [3.05, 3.63) is 52.3 Å². The van der Waals surface area contributed by atoms with Crippen LogP contribution in [0.3, 0.4) is 0 Å². The number of aryl methyl sites for hydroxylation is 1. The third kappa shape index (κ3) is 3.55. The molecule has 1 amide bonds. The number of rotatable bonds is 3. The minimum Gasteiger partial charge on any atom is -0.346 e. The van der Waals surface area contributed by atoms with E-state index >= 15 is 0 Å². The lowest BCUT2D eigenvalue weighted by Gasteiger charge is -2.09. The largest absolute Gasteiger partial charge is 0.416 e. The van der Waals surface area contributed by atoms with Crippen LogP contribution in [0.15, 0.2) is 30.5 Å². The Kier molecular flexibility index (Phi) is 4.22. The van der Waals surface area contributed by atoms with Gasteiger partial charge in [0.2, 0.25) is 0 Å². The summed E-state index contributed by atoms with van der Waals surface area (Å²) in [4.78, 5) is 11.9. The van der Waals surface area contributed by atoms with Crippen molar-refractivity contribution in [2.75, 3.05) is 0 Å². The Morgan fingerprint density at radius 3 is 2.71 bits per heavy atom. The van der Waals surface area contributed by atoms with E-state index in [1.54, 1.807) is 7.05 Å². The van der Waals surface area contributed by atoms with E-state index in [2.05, 4.69) is 10.4 Å². The molecule has 2 aromatic rings. The van der Waals surface area contributed by atoms with E-state index in [0.29, 0.717) is 10.7 Å². The van der Waals surface area contributed by atoms with E-state index in [0.717, 1.165) is 12.1 Å². The highest BCUT2D eigenvalue weighted by Gasteiger charge is 2.30. The molecule has 0 aliphatic heterocycles. The van der Waals surface area contributed by atoms with Gasteiger partial charge in [-0.3, -0.25) is 9.48 Å². The molecule has 8 heteroatoms. The van der Waals surface area contributed by atoms with Crippen LogP contribution in [0.2, 0.25) is 5.02 Å². The Balaban J connectivity index is 2.11. The van der Waals surface area contributed by atoms with Gasteiger partial charge in [-0.15, -0.1) is 0 Å². The van der Waals surface area contributed by atoms with Crippen LogP contribution in [0.25, 0.3) is 0 Å². The van der Waals surface area contributed by atoms with Crippen LogP contribution < -0.4 is 5.32 Å². The molecule has 0 radical (unpaired) electrons. The Hall–Kier alpha value is -2.02. The highest BCUT2D eigenvalue weighted by Crippen LogP contribution is 2.29. The summed E-state index contributed by atoms with van der Waals surface area (Å²) in [6, 6.07) is 4.22. The number of hydrogen-bond donors (Lipinski definition) is 1. The first-order valence-corrected chi connectivity index (χ1v) is 6.28. The van der Waals surface area contributed by atoms with E-state index in [-0.39, 0.29) is 12.1 Å². The summed E-state index contributed by atoms with van der Waals surface area (Å²) in [7, 11) is 1.65. The second kappa shape index (κ2) is 5.77. The van der Waals surface area contributed by atoms with Crippen molar-refractivity contribution < 1.29 is 18.0 Å². The lowest BCUT2D eigenvalue weighted by atomic mass is 10.1. The molecule has 21 heavy (non-hydrogen) atoms. The van der Waals surface area contributed by atoms with Crippen molar-refractivity contribution in [3.63, 3.8) is 0 Å². The number of carbonyl (C=O) groups excluding carboxylic acids is 1. The molecule has 0 saturated heterocycles. The number of halogens is 4. The number of benzene rings is 1. The Labute approximate surface area is 123 Å². The SMILES string of the molecule is Cn1ncc(Cl)c1CNC(=O)c1cccc(C(F)(F)F)c1. The van der Waals surface area contributed by atoms with Crippen LogP contribution in [0.1, 0.15) is 21.6 Å². The average molecular weight is 318 g/mol. The molecule has 0 saturated carbocycles. The summed E-state index contributed by atoms with van der Waals surface area (Å²) in [5, 5.41) is 6.78. The van der Waals surface area contributed by atoms with Gasteiger partial charge in [-0.2, -0.15) is 18.3 Å². The summed E-state index contributed by atoms with van der Waals surface area (Å²) < 4.78 is 39.2. The molecule has 1 aromatic carbocycles. The van der Waals surface area contributed by atoms with Gasteiger partial charge in [-0.1, -0.05) is 17.7 Å². The lowest BCUT2D eigenvalue weighted by molar-refractivity contribution is -0.137. The Bertz CT molecular complexity index is 647. The molecular formula is C13H11ClF3N3O. The summed E-state index contributed by atoms with van der Waals surface area (Å²) in [5.74, 6) is -0.613.